The third-order valence-corrected chi connectivity index (χ3v) is 3.63. The monoisotopic (exact) mass is 244 g/mol. The van der Waals surface area contributed by atoms with Crippen molar-refractivity contribution in [2.45, 2.75) is 51.1 Å². The second kappa shape index (κ2) is 5.88. The second-order valence-electron chi connectivity index (χ2n) is 5.13. The molecule has 0 amide bonds. The fourth-order valence-corrected chi connectivity index (χ4v) is 2.61. The fraction of sp³-hybridized carbons (Fsp3) is 0.533. The van der Waals surface area contributed by atoms with Crippen molar-refractivity contribution in [2.75, 3.05) is 0 Å². The van der Waals surface area contributed by atoms with Crippen LogP contribution in [0.1, 0.15) is 49.3 Å². The van der Waals surface area contributed by atoms with Crippen molar-refractivity contribution in [2.24, 2.45) is 0 Å². The second-order valence-corrected chi connectivity index (χ2v) is 5.13. The van der Waals surface area contributed by atoms with Gasteiger partial charge in [-0.05, 0) is 31.9 Å². The van der Waals surface area contributed by atoms with E-state index in [0.717, 1.165) is 18.4 Å². The fourth-order valence-electron chi connectivity index (χ4n) is 2.61. The Kier molecular flexibility index (Phi) is 4.22. The number of aromatic hydroxyl groups is 1. The molecule has 1 saturated carbocycles. The summed E-state index contributed by atoms with van der Waals surface area (Å²) >= 11 is 0. The Morgan fingerprint density at radius 3 is 2.72 bits per heavy atom. The molecule has 0 aromatic heterocycles. The smallest absolute Gasteiger partial charge is 0.125 e. The van der Waals surface area contributed by atoms with Crippen LogP contribution in [-0.4, -0.2) is 11.1 Å². The number of phenolic OH excluding ortho intramolecular Hbond substituents is 1. The first-order chi connectivity index (χ1) is 8.70. The largest absolute Gasteiger partial charge is 0.508 e. The average Bonchev–Trinajstić information content (AvgIpc) is 2.40. The summed E-state index contributed by atoms with van der Waals surface area (Å²) in [6.07, 6.45) is 6.02. The van der Waals surface area contributed by atoms with Crippen molar-refractivity contribution in [3.05, 3.63) is 29.3 Å². The number of nitrogens with one attached hydrogen (secondary N) is 1. The Bertz CT molecular complexity index is 444. The quantitative estimate of drug-likeness (QED) is 0.858. The summed E-state index contributed by atoms with van der Waals surface area (Å²) in [6.45, 7) is 1.97. The van der Waals surface area contributed by atoms with Crippen molar-refractivity contribution in [1.29, 1.82) is 5.26 Å². The zero-order chi connectivity index (χ0) is 13.0. The van der Waals surface area contributed by atoms with E-state index in [9.17, 15) is 10.4 Å². The number of aryl methyl sites for hydroxylation is 1. The predicted octanol–water partition coefficient (Wildman–Crippen LogP) is 3.19. The van der Waals surface area contributed by atoms with Crippen LogP contribution in [0.4, 0.5) is 0 Å². The van der Waals surface area contributed by atoms with E-state index in [4.69, 9.17) is 0 Å². The molecule has 1 aromatic carbocycles. The molecule has 0 spiro atoms. The zero-order valence-electron chi connectivity index (χ0n) is 10.8. The van der Waals surface area contributed by atoms with Crippen molar-refractivity contribution in [3.63, 3.8) is 0 Å². The minimum Gasteiger partial charge on any atom is -0.508 e. The molecule has 0 aliphatic heterocycles. The van der Waals surface area contributed by atoms with Gasteiger partial charge in [-0.1, -0.05) is 30.9 Å². The van der Waals surface area contributed by atoms with E-state index in [2.05, 4.69) is 11.4 Å². The molecular formula is C15H20N2O. The molecule has 2 N–H and O–H groups in total. The molecule has 2 rings (SSSR count). The van der Waals surface area contributed by atoms with Crippen LogP contribution in [0.2, 0.25) is 0 Å². The molecule has 1 unspecified atom stereocenters. The molecule has 1 aliphatic rings. The number of nitriles is 1. The summed E-state index contributed by atoms with van der Waals surface area (Å²) < 4.78 is 0. The summed E-state index contributed by atoms with van der Waals surface area (Å²) in [4.78, 5) is 0. The minimum atomic E-state index is -0.409. The molecule has 0 bridgehead atoms. The summed E-state index contributed by atoms with van der Waals surface area (Å²) in [5.74, 6) is 0.204. The van der Waals surface area contributed by atoms with E-state index in [1.807, 2.05) is 19.1 Å². The molecule has 18 heavy (non-hydrogen) atoms. The Balaban J connectivity index is 2.12. The highest BCUT2D eigenvalue weighted by Crippen LogP contribution is 2.27. The van der Waals surface area contributed by atoms with Crippen LogP contribution in [-0.2, 0) is 0 Å². The van der Waals surface area contributed by atoms with Crippen LogP contribution >= 0.6 is 0 Å². The van der Waals surface area contributed by atoms with Crippen molar-refractivity contribution in [1.82, 2.24) is 5.32 Å². The molecule has 0 radical (unpaired) electrons. The first kappa shape index (κ1) is 12.9. The van der Waals surface area contributed by atoms with E-state index in [-0.39, 0.29) is 5.75 Å². The van der Waals surface area contributed by atoms with Gasteiger partial charge in [-0.3, -0.25) is 5.32 Å². The molecule has 3 nitrogen and oxygen atoms in total. The molecule has 1 fully saturated rings. The van der Waals surface area contributed by atoms with Crippen molar-refractivity contribution < 1.29 is 5.11 Å². The maximum absolute atomic E-state index is 9.87. The van der Waals surface area contributed by atoms with Gasteiger partial charge in [0, 0.05) is 11.6 Å². The minimum absolute atomic E-state index is 0.204. The van der Waals surface area contributed by atoms with Gasteiger partial charge >= 0.3 is 0 Å². The topological polar surface area (TPSA) is 56.0 Å². The van der Waals surface area contributed by atoms with Gasteiger partial charge in [0.2, 0.25) is 0 Å². The predicted molar refractivity (Wildman–Crippen MR) is 71.2 cm³/mol. The van der Waals surface area contributed by atoms with Crippen LogP contribution in [0.3, 0.4) is 0 Å². The summed E-state index contributed by atoms with van der Waals surface area (Å²) in [5.41, 5.74) is 1.76. The molecule has 1 aromatic rings. The van der Waals surface area contributed by atoms with Crippen LogP contribution in [0, 0.1) is 18.3 Å². The molecule has 3 heteroatoms. The Morgan fingerprint density at radius 2 is 2.06 bits per heavy atom. The van der Waals surface area contributed by atoms with Gasteiger partial charge in [-0.25, -0.2) is 0 Å². The van der Waals surface area contributed by atoms with E-state index < -0.39 is 6.04 Å². The lowest BCUT2D eigenvalue weighted by atomic mass is 9.94. The van der Waals surface area contributed by atoms with E-state index in [1.165, 1.54) is 19.3 Å². The molecule has 0 saturated heterocycles. The van der Waals surface area contributed by atoms with Crippen LogP contribution in [0.15, 0.2) is 18.2 Å². The van der Waals surface area contributed by atoms with E-state index >= 15 is 0 Å². The highest BCUT2D eigenvalue weighted by molar-refractivity contribution is 5.40. The van der Waals surface area contributed by atoms with Gasteiger partial charge in [-0.2, -0.15) is 5.26 Å². The lowest BCUT2D eigenvalue weighted by molar-refractivity contribution is 0.355. The molecule has 0 heterocycles. The van der Waals surface area contributed by atoms with Crippen molar-refractivity contribution >= 4 is 0 Å². The zero-order valence-corrected chi connectivity index (χ0v) is 10.8. The maximum atomic E-state index is 9.87. The summed E-state index contributed by atoms with van der Waals surface area (Å²) in [5, 5.41) is 22.5. The van der Waals surface area contributed by atoms with Crippen LogP contribution < -0.4 is 5.32 Å². The lowest BCUT2D eigenvalue weighted by Crippen LogP contribution is -2.33. The number of rotatable bonds is 3. The molecule has 96 valence electrons. The highest BCUT2D eigenvalue weighted by atomic mass is 16.3. The molecular weight excluding hydrogens is 224 g/mol. The van der Waals surface area contributed by atoms with Gasteiger partial charge in [-0.15, -0.1) is 0 Å². The van der Waals surface area contributed by atoms with Crippen LogP contribution in [0.5, 0.6) is 5.75 Å². The van der Waals surface area contributed by atoms with Gasteiger partial charge in [0.1, 0.15) is 11.8 Å². The SMILES string of the molecule is Cc1ccc(O)c(C(C#N)NC2CCCCC2)c1. The number of nitrogens with zero attached hydrogens (tertiary/aromatic N) is 1. The van der Waals surface area contributed by atoms with Gasteiger partial charge in [0.15, 0.2) is 0 Å². The van der Waals surface area contributed by atoms with Crippen molar-refractivity contribution in [3.8, 4) is 11.8 Å². The number of hydrogen-bond donors (Lipinski definition) is 2. The third-order valence-electron chi connectivity index (χ3n) is 3.63. The maximum Gasteiger partial charge on any atom is 0.125 e. The lowest BCUT2D eigenvalue weighted by Gasteiger charge is -2.26. The Morgan fingerprint density at radius 1 is 1.33 bits per heavy atom. The third kappa shape index (κ3) is 3.02. The van der Waals surface area contributed by atoms with E-state index in [0.29, 0.717) is 11.6 Å². The summed E-state index contributed by atoms with van der Waals surface area (Å²) in [6, 6.07) is 7.67. The summed E-state index contributed by atoms with van der Waals surface area (Å²) in [7, 11) is 0. The first-order valence-electron chi connectivity index (χ1n) is 6.66. The normalized spacial score (nSPS) is 18.2. The average molecular weight is 244 g/mol. The van der Waals surface area contributed by atoms with Crippen LogP contribution in [0.25, 0.3) is 0 Å². The molecule has 1 atom stereocenters. The van der Waals surface area contributed by atoms with Gasteiger partial charge < -0.3 is 5.11 Å². The first-order valence-corrected chi connectivity index (χ1v) is 6.66. The van der Waals surface area contributed by atoms with Gasteiger partial charge in [0.05, 0.1) is 6.07 Å². The Labute approximate surface area is 108 Å². The highest BCUT2D eigenvalue weighted by Gasteiger charge is 2.20. The molecule has 1 aliphatic carbocycles. The van der Waals surface area contributed by atoms with Gasteiger partial charge in [0.25, 0.3) is 0 Å². The number of hydrogen-bond acceptors (Lipinski definition) is 3. The number of phenols is 1. The Hall–Kier alpha value is -1.53. The van der Waals surface area contributed by atoms with E-state index in [1.54, 1.807) is 6.07 Å². The standard InChI is InChI=1S/C15H20N2O/c1-11-7-8-15(18)13(9-11)14(10-16)17-12-5-3-2-4-6-12/h7-9,12,14,17-18H,2-6H2,1H3. The number of benzene rings is 1.